The van der Waals surface area contributed by atoms with E-state index < -0.39 is 0 Å². The number of hydrogen-bond acceptors (Lipinski definition) is 5. The molecule has 0 saturated carbocycles. The molecule has 2 aromatic heterocycles. The van der Waals surface area contributed by atoms with Crippen molar-refractivity contribution in [3.8, 4) is 0 Å². The van der Waals surface area contributed by atoms with Crippen molar-refractivity contribution in [3.63, 3.8) is 0 Å². The van der Waals surface area contributed by atoms with E-state index in [9.17, 15) is 9.18 Å². The molecule has 0 radical (unpaired) electrons. The smallest absolute Gasteiger partial charge is 0.294 e. The predicted octanol–water partition coefficient (Wildman–Crippen LogP) is 4.82. The minimum atomic E-state index is -0.327. The second-order valence-corrected chi connectivity index (χ2v) is 8.48. The van der Waals surface area contributed by atoms with Crippen LogP contribution >= 0.6 is 0 Å². The van der Waals surface area contributed by atoms with Crippen molar-refractivity contribution in [2.45, 2.75) is 38.8 Å². The fraction of sp³-hybridized carbons (Fsp3) is 0.320. The van der Waals surface area contributed by atoms with Crippen LogP contribution in [-0.2, 0) is 13.1 Å². The number of benzene rings is 2. The molecule has 0 spiro atoms. The van der Waals surface area contributed by atoms with Gasteiger partial charge in [0.05, 0.1) is 23.1 Å². The number of hydrogen-bond donors (Lipinski definition) is 1. The van der Waals surface area contributed by atoms with Crippen LogP contribution in [0.15, 0.2) is 59.4 Å². The largest absolute Gasteiger partial charge is 0.351 e. The lowest BCUT2D eigenvalue weighted by Crippen LogP contribution is -2.32. The summed E-state index contributed by atoms with van der Waals surface area (Å²) in [5.74, 6) is -0.0855. The van der Waals surface area contributed by atoms with Crippen LogP contribution in [0.2, 0.25) is 0 Å². The SMILES string of the molecule is CCn1cnc2cc(NC(=O)c3cc(C4CCN(Cc5cccc(F)c5)CC4)no3)ccc21. The van der Waals surface area contributed by atoms with Gasteiger partial charge in [0, 0.05) is 30.8 Å². The Bertz CT molecular complexity index is 1270. The van der Waals surface area contributed by atoms with Gasteiger partial charge >= 0.3 is 0 Å². The average Bonchev–Trinajstić information content (AvgIpc) is 3.47. The molecule has 0 aliphatic carbocycles. The van der Waals surface area contributed by atoms with Crippen LogP contribution < -0.4 is 5.32 Å². The summed E-state index contributed by atoms with van der Waals surface area (Å²) in [4.78, 5) is 19.4. The van der Waals surface area contributed by atoms with Gasteiger partial charge in [-0.2, -0.15) is 0 Å². The number of rotatable bonds is 6. The number of imidazole rings is 1. The van der Waals surface area contributed by atoms with Crippen molar-refractivity contribution in [3.05, 3.63) is 77.7 Å². The molecule has 170 valence electrons. The molecule has 33 heavy (non-hydrogen) atoms. The van der Waals surface area contributed by atoms with E-state index >= 15 is 0 Å². The maximum atomic E-state index is 13.4. The topological polar surface area (TPSA) is 76.2 Å². The first-order valence-corrected chi connectivity index (χ1v) is 11.3. The van der Waals surface area contributed by atoms with Crippen molar-refractivity contribution >= 4 is 22.6 Å². The normalized spacial score (nSPS) is 15.2. The first-order chi connectivity index (χ1) is 16.1. The van der Waals surface area contributed by atoms with E-state index in [0.717, 1.165) is 61.3 Å². The molecule has 1 aliphatic heterocycles. The minimum absolute atomic E-state index is 0.200. The Hall–Kier alpha value is -3.52. The van der Waals surface area contributed by atoms with Crippen LogP contribution in [0, 0.1) is 5.82 Å². The van der Waals surface area contributed by atoms with Gasteiger partial charge in [0.15, 0.2) is 0 Å². The summed E-state index contributed by atoms with van der Waals surface area (Å²) >= 11 is 0. The second-order valence-electron chi connectivity index (χ2n) is 8.48. The molecule has 4 aromatic rings. The van der Waals surface area contributed by atoms with Gasteiger partial charge in [-0.25, -0.2) is 9.37 Å². The van der Waals surface area contributed by atoms with Crippen LogP contribution in [0.4, 0.5) is 10.1 Å². The molecule has 1 aliphatic rings. The summed E-state index contributed by atoms with van der Waals surface area (Å²) in [5.41, 5.74) is 4.31. The number of carbonyl (C=O) groups excluding carboxylic acids is 1. The third kappa shape index (κ3) is 4.66. The van der Waals surface area contributed by atoms with Gasteiger partial charge < -0.3 is 14.4 Å². The van der Waals surface area contributed by atoms with E-state index in [1.165, 1.54) is 6.07 Å². The van der Waals surface area contributed by atoms with Gasteiger partial charge in [0.1, 0.15) is 5.82 Å². The van der Waals surface area contributed by atoms with Gasteiger partial charge in [0.25, 0.3) is 5.91 Å². The number of piperidine rings is 1. The number of anilines is 1. The lowest BCUT2D eigenvalue weighted by Gasteiger charge is -2.31. The molecular weight excluding hydrogens is 421 g/mol. The zero-order valence-corrected chi connectivity index (χ0v) is 18.5. The lowest BCUT2D eigenvalue weighted by atomic mass is 9.93. The quantitative estimate of drug-likeness (QED) is 0.459. The predicted molar refractivity (Wildman–Crippen MR) is 124 cm³/mol. The maximum absolute atomic E-state index is 13.4. The number of carbonyl (C=O) groups is 1. The zero-order valence-electron chi connectivity index (χ0n) is 18.5. The Kier molecular flexibility index (Phi) is 5.92. The Morgan fingerprint density at radius 3 is 2.82 bits per heavy atom. The highest BCUT2D eigenvalue weighted by Gasteiger charge is 2.25. The van der Waals surface area contributed by atoms with E-state index in [0.29, 0.717) is 5.69 Å². The molecule has 8 heteroatoms. The van der Waals surface area contributed by atoms with Crippen molar-refractivity contribution < 1.29 is 13.7 Å². The summed E-state index contributed by atoms with van der Waals surface area (Å²) in [5, 5.41) is 7.04. The summed E-state index contributed by atoms with van der Waals surface area (Å²) in [6.45, 7) is 5.41. The summed E-state index contributed by atoms with van der Waals surface area (Å²) < 4.78 is 20.8. The van der Waals surface area contributed by atoms with Gasteiger partial charge in [0.2, 0.25) is 5.76 Å². The summed E-state index contributed by atoms with van der Waals surface area (Å²) in [7, 11) is 0. The molecule has 0 bridgehead atoms. The molecule has 5 rings (SSSR count). The third-order valence-electron chi connectivity index (χ3n) is 6.27. The van der Waals surface area contributed by atoms with Gasteiger partial charge in [-0.05, 0) is 68.8 Å². The number of nitrogens with zero attached hydrogens (tertiary/aromatic N) is 4. The number of aryl methyl sites for hydroxylation is 1. The highest BCUT2D eigenvalue weighted by atomic mass is 19.1. The molecule has 0 unspecified atom stereocenters. The molecule has 1 amide bonds. The number of nitrogens with one attached hydrogen (secondary N) is 1. The first-order valence-electron chi connectivity index (χ1n) is 11.3. The number of fused-ring (bicyclic) bond motifs is 1. The van der Waals surface area contributed by atoms with Crippen LogP contribution in [0.3, 0.4) is 0 Å². The summed E-state index contributed by atoms with van der Waals surface area (Å²) in [6.07, 6.45) is 3.63. The van der Waals surface area contributed by atoms with E-state index in [1.54, 1.807) is 24.5 Å². The second kappa shape index (κ2) is 9.15. The molecule has 3 heterocycles. The van der Waals surface area contributed by atoms with E-state index in [2.05, 4.69) is 27.3 Å². The Morgan fingerprint density at radius 2 is 2.03 bits per heavy atom. The molecule has 0 atom stereocenters. The molecule has 1 N–H and O–H groups in total. The molecule has 1 fully saturated rings. The zero-order chi connectivity index (χ0) is 22.8. The van der Waals surface area contributed by atoms with Crippen LogP contribution in [0.5, 0.6) is 0 Å². The van der Waals surface area contributed by atoms with Crippen molar-refractivity contribution in [1.82, 2.24) is 19.6 Å². The highest BCUT2D eigenvalue weighted by Crippen LogP contribution is 2.29. The van der Waals surface area contributed by atoms with Gasteiger partial charge in [-0.15, -0.1) is 0 Å². The lowest BCUT2D eigenvalue weighted by molar-refractivity contribution is 0.0987. The van der Waals surface area contributed by atoms with Crippen LogP contribution in [-0.4, -0.2) is 38.6 Å². The van der Waals surface area contributed by atoms with Crippen molar-refractivity contribution in [2.75, 3.05) is 18.4 Å². The number of halogens is 1. The number of amides is 1. The highest BCUT2D eigenvalue weighted by molar-refractivity contribution is 6.03. The molecule has 1 saturated heterocycles. The van der Waals surface area contributed by atoms with Gasteiger partial charge in [-0.1, -0.05) is 17.3 Å². The fourth-order valence-corrected chi connectivity index (χ4v) is 4.45. The number of likely N-dealkylation sites (tertiary alicyclic amines) is 1. The van der Waals surface area contributed by atoms with E-state index in [4.69, 9.17) is 4.52 Å². The molecule has 2 aromatic carbocycles. The van der Waals surface area contributed by atoms with Crippen molar-refractivity contribution in [1.29, 1.82) is 0 Å². The monoisotopic (exact) mass is 447 g/mol. The summed E-state index contributed by atoms with van der Waals surface area (Å²) in [6, 6.07) is 14.1. The first kappa shape index (κ1) is 21.3. The van der Waals surface area contributed by atoms with E-state index in [1.807, 2.05) is 28.8 Å². The van der Waals surface area contributed by atoms with Crippen LogP contribution in [0.25, 0.3) is 11.0 Å². The Balaban J connectivity index is 1.18. The van der Waals surface area contributed by atoms with Crippen LogP contribution in [0.1, 0.15) is 47.5 Å². The Labute approximate surface area is 191 Å². The average molecular weight is 448 g/mol. The maximum Gasteiger partial charge on any atom is 0.294 e. The number of aromatic nitrogens is 3. The van der Waals surface area contributed by atoms with Crippen molar-refractivity contribution in [2.24, 2.45) is 0 Å². The molecular formula is C25H26FN5O2. The molecule has 7 nitrogen and oxygen atoms in total. The third-order valence-corrected chi connectivity index (χ3v) is 6.27. The fourth-order valence-electron chi connectivity index (χ4n) is 4.45. The Morgan fingerprint density at radius 1 is 1.18 bits per heavy atom. The minimum Gasteiger partial charge on any atom is -0.351 e. The van der Waals surface area contributed by atoms with E-state index in [-0.39, 0.29) is 23.4 Å². The standard InChI is InChI=1S/C25H26FN5O2/c1-2-31-16-27-22-13-20(6-7-23(22)31)28-25(32)24-14-21(29-33-24)18-8-10-30(11-9-18)15-17-4-3-5-19(26)12-17/h3-7,12-14,16,18H,2,8-11,15H2,1H3,(H,28,32). The van der Waals surface area contributed by atoms with Gasteiger partial charge in [-0.3, -0.25) is 9.69 Å².